The molecule has 0 unspecified atom stereocenters. The molecule has 3 rings (SSSR count). The van der Waals surface area contributed by atoms with Crippen molar-refractivity contribution >= 4 is 35.6 Å². The van der Waals surface area contributed by atoms with Gasteiger partial charge in [-0.2, -0.15) is 0 Å². The van der Waals surface area contributed by atoms with Gasteiger partial charge in [-0.05, 0) is 74.6 Å². The zero-order valence-corrected chi connectivity index (χ0v) is 18.1. The largest absolute Gasteiger partial charge is 0.360 e. The van der Waals surface area contributed by atoms with E-state index < -0.39 is 0 Å². The first-order valence-corrected chi connectivity index (χ1v) is 10.7. The van der Waals surface area contributed by atoms with Crippen LogP contribution in [0.4, 0.5) is 0 Å². The van der Waals surface area contributed by atoms with E-state index in [4.69, 9.17) is 27.9 Å². The molecule has 0 atom stereocenters. The lowest BCUT2D eigenvalue weighted by Gasteiger charge is -2.49. The molecule has 1 saturated heterocycles. The maximum atomic E-state index is 6.56. The van der Waals surface area contributed by atoms with Gasteiger partial charge in [0, 0.05) is 29.7 Å². The molecule has 5 heteroatoms. The van der Waals surface area contributed by atoms with Gasteiger partial charge in [0.1, 0.15) is 5.72 Å². The van der Waals surface area contributed by atoms with Crippen LogP contribution in [0, 0.1) is 0 Å². The Morgan fingerprint density at radius 1 is 1.12 bits per heavy atom. The van der Waals surface area contributed by atoms with Gasteiger partial charge in [-0.3, -0.25) is 4.90 Å². The van der Waals surface area contributed by atoms with Crippen LogP contribution in [0.5, 0.6) is 0 Å². The minimum absolute atomic E-state index is 0. The van der Waals surface area contributed by atoms with Crippen LogP contribution >= 0.6 is 35.6 Å². The Balaban J connectivity index is 0.00000243. The van der Waals surface area contributed by atoms with Crippen molar-refractivity contribution in [3.63, 3.8) is 0 Å². The smallest absolute Gasteiger partial charge is 0.121 e. The van der Waals surface area contributed by atoms with E-state index in [0.29, 0.717) is 5.92 Å². The highest BCUT2D eigenvalue weighted by Gasteiger charge is 2.42. The van der Waals surface area contributed by atoms with Crippen LogP contribution in [0.15, 0.2) is 18.2 Å². The molecule has 0 bridgehead atoms. The van der Waals surface area contributed by atoms with Gasteiger partial charge in [-0.1, -0.05) is 43.0 Å². The maximum absolute atomic E-state index is 6.56. The highest BCUT2D eigenvalue weighted by atomic mass is 35.5. The highest BCUT2D eigenvalue weighted by molar-refractivity contribution is 6.33. The fourth-order valence-electron chi connectivity index (χ4n) is 4.47. The second kappa shape index (κ2) is 10.5. The molecule has 2 fully saturated rings. The summed E-state index contributed by atoms with van der Waals surface area (Å²) in [6.45, 7) is 5.49. The number of hydrogen-bond acceptors (Lipinski definition) is 2. The summed E-state index contributed by atoms with van der Waals surface area (Å²) in [7, 11) is 0. The average molecular weight is 421 g/mol. The Morgan fingerprint density at radius 3 is 2.46 bits per heavy atom. The van der Waals surface area contributed by atoms with E-state index >= 15 is 0 Å². The summed E-state index contributed by atoms with van der Waals surface area (Å²) in [4.78, 5) is 2.64. The first-order valence-electron chi connectivity index (χ1n) is 9.98. The number of likely N-dealkylation sites (tertiary alicyclic amines) is 1. The summed E-state index contributed by atoms with van der Waals surface area (Å²) in [6, 6.07) is 5.87. The molecule has 2 aliphatic rings. The van der Waals surface area contributed by atoms with Crippen LogP contribution in [-0.2, 0) is 4.74 Å². The number of ether oxygens (including phenoxy) is 1. The predicted molar refractivity (Wildman–Crippen MR) is 114 cm³/mol. The van der Waals surface area contributed by atoms with Gasteiger partial charge in [0.15, 0.2) is 0 Å². The average Bonchev–Trinajstić information content (AvgIpc) is 2.65. The lowest BCUT2D eigenvalue weighted by molar-refractivity contribution is -0.183. The quantitative estimate of drug-likeness (QED) is 0.456. The van der Waals surface area contributed by atoms with E-state index in [1.165, 1.54) is 44.3 Å². The first kappa shape index (κ1) is 22.3. The molecule has 26 heavy (non-hydrogen) atoms. The lowest BCUT2D eigenvalue weighted by Crippen LogP contribution is -2.54. The first-order chi connectivity index (χ1) is 12.1. The minimum atomic E-state index is -0.0445. The van der Waals surface area contributed by atoms with Crippen molar-refractivity contribution in [3.8, 4) is 0 Å². The summed E-state index contributed by atoms with van der Waals surface area (Å²) >= 11 is 12.7. The second-order valence-electron chi connectivity index (χ2n) is 7.64. The molecule has 0 spiro atoms. The van der Waals surface area contributed by atoms with Crippen molar-refractivity contribution in [2.75, 3.05) is 19.7 Å². The number of hydrogen-bond donors (Lipinski definition) is 0. The number of rotatable bonds is 6. The van der Waals surface area contributed by atoms with Gasteiger partial charge in [-0.15, -0.1) is 12.4 Å². The van der Waals surface area contributed by atoms with Crippen molar-refractivity contribution in [1.82, 2.24) is 4.90 Å². The van der Waals surface area contributed by atoms with Crippen LogP contribution in [0.1, 0.15) is 76.2 Å². The van der Waals surface area contributed by atoms with Gasteiger partial charge in [0.2, 0.25) is 0 Å². The number of nitrogens with zero attached hydrogens (tertiary/aromatic N) is 1. The van der Waals surface area contributed by atoms with Crippen LogP contribution in [0.2, 0.25) is 10.0 Å². The van der Waals surface area contributed by atoms with Crippen LogP contribution < -0.4 is 0 Å². The maximum Gasteiger partial charge on any atom is 0.121 e. The second-order valence-corrected chi connectivity index (χ2v) is 8.48. The monoisotopic (exact) mass is 419 g/mol. The summed E-state index contributed by atoms with van der Waals surface area (Å²) in [5, 5.41) is 1.64. The Labute approximate surface area is 175 Å². The van der Waals surface area contributed by atoms with E-state index in [9.17, 15) is 0 Å². The highest BCUT2D eigenvalue weighted by Crippen LogP contribution is 2.44. The molecule has 0 aromatic heterocycles. The van der Waals surface area contributed by atoms with Crippen LogP contribution in [0.3, 0.4) is 0 Å². The van der Waals surface area contributed by atoms with Crippen molar-refractivity contribution in [2.45, 2.75) is 76.4 Å². The van der Waals surface area contributed by atoms with Crippen molar-refractivity contribution in [1.29, 1.82) is 0 Å². The third kappa shape index (κ3) is 5.29. The van der Waals surface area contributed by atoms with Crippen LogP contribution in [-0.4, -0.2) is 30.3 Å². The molecule has 0 amide bonds. The predicted octanol–water partition coefficient (Wildman–Crippen LogP) is 7.07. The molecule has 0 radical (unpaired) electrons. The van der Waals surface area contributed by atoms with E-state index in [1.807, 2.05) is 12.1 Å². The molecule has 1 aromatic carbocycles. The number of benzene rings is 1. The zero-order valence-electron chi connectivity index (χ0n) is 15.8. The molecule has 1 aromatic rings. The third-order valence-corrected chi connectivity index (χ3v) is 6.55. The third-order valence-electron chi connectivity index (χ3n) is 5.97. The Hall–Kier alpha value is 0.01000. The Bertz CT molecular complexity index is 552. The van der Waals surface area contributed by atoms with Crippen molar-refractivity contribution in [3.05, 3.63) is 33.8 Å². The fourth-order valence-corrected chi connectivity index (χ4v) is 4.92. The van der Waals surface area contributed by atoms with Gasteiger partial charge in [-0.25, -0.2) is 0 Å². The molecule has 1 saturated carbocycles. The summed E-state index contributed by atoms with van der Waals surface area (Å²) in [6.07, 6.45) is 10.8. The molecule has 148 valence electrons. The molecule has 1 heterocycles. The van der Waals surface area contributed by atoms with Gasteiger partial charge >= 0.3 is 0 Å². The number of unbranched alkanes of at least 4 members (excludes halogenated alkanes) is 1. The SMILES string of the molecule is CCCCOC1(N2CCCCC2)CCC(c2cc(Cl)ccc2Cl)CC1.Cl. The molecule has 1 aliphatic heterocycles. The van der Waals surface area contributed by atoms with E-state index in [1.54, 1.807) is 0 Å². The van der Waals surface area contributed by atoms with E-state index in [-0.39, 0.29) is 18.1 Å². The summed E-state index contributed by atoms with van der Waals surface area (Å²) < 4.78 is 6.56. The topological polar surface area (TPSA) is 12.5 Å². The summed E-state index contributed by atoms with van der Waals surface area (Å²) in [5.41, 5.74) is 1.17. The number of piperidine rings is 1. The minimum Gasteiger partial charge on any atom is -0.360 e. The molecule has 0 N–H and O–H groups in total. The summed E-state index contributed by atoms with van der Waals surface area (Å²) in [5.74, 6) is 0.499. The van der Waals surface area contributed by atoms with E-state index in [2.05, 4.69) is 17.9 Å². The molecular formula is C21H32Cl3NO. The van der Waals surface area contributed by atoms with E-state index in [0.717, 1.165) is 48.8 Å². The Kier molecular flexibility index (Phi) is 9.03. The van der Waals surface area contributed by atoms with Crippen LogP contribution in [0.25, 0.3) is 0 Å². The number of halogens is 3. The Morgan fingerprint density at radius 2 is 1.81 bits per heavy atom. The van der Waals surface area contributed by atoms with Gasteiger partial charge < -0.3 is 4.74 Å². The van der Waals surface area contributed by atoms with Gasteiger partial charge in [0.25, 0.3) is 0 Å². The van der Waals surface area contributed by atoms with Crippen molar-refractivity contribution < 1.29 is 4.74 Å². The standard InChI is InChI=1S/C21H31Cl2NO.ClH/c1-2-3-15-25-21(24-13-5-4-6-14-24)11-9-17(10-12-21)19-16-18(22)7-8-20(19)23;/h7-8,16-17H,2-6,9-15H2,1H3;1H. The lowest BCUT2D eigenvalue weighted by atomic mass is 9.78. The molecule has 2 nitrogen and oxygen atoms in total. The van der Waals surface area contributed by atoms with Crippen molar-refractivity contribution in [2.24, 2.45) is 0 Å². The molecule has 1 aliphatic carbocycles. The zero-order chi connectivity index (χ0) is 17.7. The fraction of sp³-hybridized carbons (Fsp3) is 0.714. The normalized spacial score (nSPS) is 27.1. The van der Waals surface area contributed by atoms with Gasteiger partial charge in [0.05, 0.1) is 0 Å². The molecular weight excluding hydrogens is 389 g/mol.